The van der Waals surface area contributed by atoms with E-state index in [1.165, 1.54) is 10.4 Å². The lowest BCUT2D eigenvalue weighted by molar-refractivity contribution is 0.176. The van der Waals surface area contributed by atoms with Crippen LogP contribution in [-0.2, 0) is 10.0 Å². The van der Waals surface area contributed by atoms with E-state index < -0.39 is 15.8 Å². The van der Waals surface area contributed by atoms with Gasteiger partial charge in [-0.2, -0.15) is 9.40 Å². The molecule has 0 spiro atoms. The zero-order valence-electron chi connectivity index (χ0n) is 14.3. The highest BCUT2D eigenvalue weighted by atomic mass is 32.2. The number of aromatic nitrogens is 2. The van der Waals surface area contributed by atoms with Crippen LogP contribution in [0.5, 0.6) is 5.75 Å². The van der Waals surface area contributed by atoms with Crippen LogP contribution >= 0.6 is 0 Å². The molecule has 1 N–H and O–H groups in total. The van der Waals surface area contributed by atoms with Gasteiger partial charge < -0.3 is 4.74 Å². The second-order valence-corrected chi connectivity index (χ2v) is 8.25. The molecule has 1 fully saturated rings. The van der Waals surface area contributed by atoms with E-state index in [4.69, 9.17) is 4.74 Å². The monoisotopic (exact) mass is 367 g/mol. The summed E-state index contributed by atoms with van der Waals surface area (Å²) in [6.07, 6.45) is 1.60. The number of sulfonamides is 1. The van der Waals surface area contributed by atoms with Crippen LogP contribution in [0.4, 0.5) is 4.39 Å². The summed E-state index contributed by atoms with van der Waals surface area (Å²) in [6.45, 7) is 4.51. The van der Waals surface area contributed by atoms with Crippen LogP contribution in [0.1, 0.15) is 24.2 Å². The van der Waals surface area contributed by atoms with Crippen molar-refractivity contribution in [3.05, 3.63) is 41.5 Å². The van der Waals surface area contributed by atoms with Crippen molar-refractivity contribution in [2.24, 2.45) is 5.92 Å². The van der Waals surface area contributed by atoms with E-state index in [1.54, 1.807) is 32.0 Å². The molecule has 0 bridgehead atoms. The first-order valence-corrected chi connectivity index (χ1v) is 9.72. The molecule has 1 aliphatic rings. The third kappa shape index (κ3) is 3.69. The Labute approximate surface area is 147 Å². The third-order valence-electron chi connectivity index (χ3n) is 4.45. The fraction of sp³-hybridized carbons (Fsp3) is 0.471. The summed E-state index contributed by atoms with van der Waals surface area (Å²) >= 11 is 0. The smallest absolute Gasteiger partial charge is 0.246 e. The van der Waals surface area contributed by atoms with Crippen LogP contribution in [0.25, 0.3) is 0 Å². The van der Waals surface area contributed by atoms with Crippen LogP contribution in [-0.4, -0.2) is 42.6 Å². The maximum Gasteiger partial charge on any atom is 0.246 e. The minimum absolute atomic E-state index is 0.0237. The van der Waals surface area contributed by atoms with Crippen LogP contribution in [0.3, 0.4) is 0 Å². The molecule has 1 saturated heterocycles. The molecule has 1 aromatic heterocycles. The molecule has 1 aliphatic heterocycles. The average molecular weight is 367 g/mol. The van der Waals surface area contributed by atoms with Crippen LogP contribution < -0.4 is 4.74 Å². The van der Waals surface area contributed by atoms with E-state index in [0.29, 0.717) is 24.5 Å². The number of nitrogens with zero attached hydrogens (tertiary/aromatic N) is 2. The molecule has 0 amide bonds. The number of nitrogens with one attached hydrogen (secondary N) is 1. The van der Waals surface area contributed by atoms with E-state index >= 15 is 0 Å². The van der Waals surface area contributed by atoms with Gasteiger partial charge in [0.25, 0.3) is 0 Å². The van der Waals surface area contributed by atoms with Gasteiger partial charge in [-0.1, -0.05) is 12.1 Å². The Kier molecular flexibility index (Phi) is 5.10. The summed E-state index contributed by atoms with van der Waals surface area (Å²) in [5, 5.41) is 6.71. The molecule has 0 unspecified atom stereocenters. The molecule has 0 saturated carbocycles. The maximum atomic E-state index is 13.6. The zero-order chi connectivity index (χ0) is 18.0. The van der Waals surface area contributed by atoms with Gasteiger partial charge in [0.2, 0.25) is 10.0 Å². The molecule has 2 aromatic rings. The normalized spacial score (nSPS) is 19.1. The lowest BCUT2D eigenvalue weighted by Crippen LogP contribution is -2.41. The summed E-state index contributed by atoms with van der Waals surface area (Å²) in [4.78, 5) is 0.253. The Morgan fingerprint density at radius 1 is 1.36 bits per heavy atom. The van der Waals surface area contributed by atoms with Crippen molar-refractivity contribution in [1.82, 2.24) is 14.5 Å². The Bertz CT molecular complexity index is 831. The Morgan fingerprint density at radius 3 is 2.80 bits per heavy atom. The molecule has 0 radical (unpaired) electrons. The fourth-order valence-electron chi connectivity index (χ4n) is 3.20. The van der Waals surface area contributed by atoms with Gasteiger partial charge in [-0.3, -0.25) is 5.10 Å². The summed E-state index contributed by atoms with van der Waals surface area (Å²) in [7, 11) is -3.59. The van der Waals surface area contributed by atoms with Crippen LogP contribution in [0.2, 0.25) is 0 Å². The van der Waals surface area contributed by atoms with Gasteiger partial charge in [-0.25, -0.2) is 12.8 Å². The fourth-order valence-corrected chi connectivity index (χ4v) is 5.09. The quantitative estimate of drug-likeness (QED) is 0.882. The maximum absolute atomic E-state index is 13.6. The number of H-pyrrole nitrogens is 1. The van der Waals surface area contributed by atoms with E-state index in [0.717, 1.165) is 12.8 Å². The Balaban J connectivity index is 1.70. The molecule has 8 heteroatoms. The number of aryl methyl sites for hydroxylation is 2. The second kappa shape index (κ2) is 7.13. The Morgan fingerprint density at radius 2 is 2.12 bits per heavy atom. The van der Waals surface area contributed by atoms with Crippen molar-refractivity contribution < 1.29 is 17.5 Å². The largest absolute Gasteiger partial charge is 0.490 e. The predicted octanol–water partition coefficient (Wildman–Crippen LogP) is 2.65. The standard InChI is InChI=1S/C17H22FN3O3S/c1-12-17(13(2)20-19-12)25(22,23)21-9-5-6-14(10-21)11-24-16-8-4-3-7-15(16)18/h3-4,7-8,14H,5-6,9-11H2,1-2H3,(H,19,20)/t14-/m1/s1. The third-order valence-corrected chi connectivity index (χ3v) is 6.58. The topological polar surface area (TPSA) is 75.3 Å². The first-order valence-electron chi connectivity index (χ1n) is 8.28. The number of hydrogen-bond acceptors (Lipinski definition) is 4. The number of rotatable bonds is 5. The van der Waals surface area contributed by atoms with Gasteiger partial charge in [-0.05, 0) is 38.8 Å². The number of piperidine rings is 1. The number of halogens is 1. The number of ether oxygens (including phenoxy) is 1. The summed E-state index contributed by atoms with van der Waals surface area (Å²) < 4.78 is 46.5. The van der Waals surface area contributed by atoms with Gasteiger partial charge in [0.1, 0.15) is 4.90 Å². The summed E-state index contributed by atoms with van der Waals surface area (Å²) in [5.74, 6) is -0.188. The van der Waals surface area contributed by atoms with Crippen LogP contribution in [0, 0.1) is 25.6 Å². The highest BCUT2D eigenvalue weighted by molar-refractivity contribution is 7.89. The Hall–Kier alpha value is -1.93. The van der Waals surface area contributed by atoms with Gasteiger partial charge in [-0.15, -0.1) is 0 Å². The van der Waals surface area contributed by atoms with Crippen molar-refractivity contribution in [1.29, 1.82) is 0 Å². The SMILES string of the molecule is Cc1n[nH]c(C)c1S(=O)(=O)N1CCC[C@@H](COc2ccccc2F)C1. The molecular formula is C17H22FN3O3S. The molecule has 2 heterocycles. The van der Waals surface area contributed by atoms with E-state index in [2.05, 4.69) is 10.2 Å². The highest BCUT2D eigenvalue weighted by Crippen LogP contribution is 2.27. The van der Waals surface area contributed by atoms with Crippen molar-refractivity contribution in [3.8, 4) is 5.75 Å². The molecule has 3 rings (SSSR count). The van der Waals surface area contributed by atoms with Gasteiger partial charge in [0, 0.05) is 19.0 Å². The summed E-state index contributed by atoms with van der Waals surface area (Å²) in [5.41, 5.74) is 1.02. The summed E-state index contributed by atoms with van der Waals surface area (Å²) in [6, 6.07) is 6.23. The minimum Gasteiger partial charge on any atom is -0.490 e. The number of aromatic amines is 1. The first kappa shape index (κ1) is 17.9. The van der Waals surface area contributed by atoms with E-state index in [9.17, 15) is 12.8 Å². The lowest BCUT2D eigenvalue weighted by Gasteiger charge is -2.31. The average Bonchev–Trinajstić information content (AvgIpc) is 2.94. The molecule has 1 atom stereocenters. The van der Waals surface area contributed by atoms with Crippen molar-refractivity contribution >= 4 is 10.0 Å². The number of hydrogen-bond donors (Lipinski definition) is 1. The van der Waals surface area contributed by atoms with Crippen molar-refractivity contribution in [2.75, 3.05) is 19.7 Å². The molecule has 0 aliphatic carbocycles. The number of para-hydroxylation sites is 1. The van der Waals surface area contributed by atoms with Crippen LogP contribution in [0.15, 0.2) is 29.2 Å². The number of benzene rings is 1. The van der Waals surface area contributed by atoms with Crippen molar-refractivity contribution in [2.45, 2.75) is 31.6 Å². The van der Waals surface area contributed by atoms with Gasteiger partial charge >= 0.3 is 0 Å². The zero-order valence-corrected chi connectivity index (χ0v) is 15.1. The molecule has 6 nitrogen and oxygen atoms in total. The minimum atomic E-state index is -3.59. The molecule has 136 valence electrons. The molecule has 25 heavy (non-hydrogen) atoms. The predicted molar refractivity (Wildman–Crippen MR) is 91.4 cm³/mol. The van der Waals surface area contributed by atoms with Gasteiger partial charge in [0.15, 0.2) is 11.6 Å². The van der Waals surface area contributed by atoms with Crippen molar-refractivity contribution in [3.63, 3.8) is 0 Å². The van der Waals surface area contributed by atoms with Gasteiger partial charge in [0.05, 0.1) is 18.0 Å². The van der Waals surface area contributed by atoms with E-state index in [-0.39, 0.29) is 23.2 Å². The second-order valence-electron chi connectivity index (χ2n) is 6.38. The lowest BCUT2D eigenvalue weighted by atomic mass is 10.0. The molecular weight excluding hydrogens is 345 g/mol. The molecule has 1 aromatic carbocycles. The highest BCUT2D eigenvalue weighted by Gasteiger charge is 2.33. The van der Waals surface area contributed by atoms with E-state index in [1.807, 2.05) is 0 Å². The first-order chi connectivity index (χ1) is 11.9.